The molecule has 1 N–H and O–H groups in total. The molecule has 164 valence electrons. The van der Waals surface area contributed by atoms with Gasteiger partial charge in [-0.25, -0.2) is 8.78 Å². The summed E-state index contributed by atoms with van der Waals surface area (Å²) in [5.74, 6) is -1.09. The van der Waals surface area contributed by atoms with Gasteiger partial charge in [-0.2, -0.15) is 0 Å². The van der Waals surface area contributed by atoms with E-state index in [1.54, 1.807) is 6.92 Å². The van der Waals surface area contributed by atoms with Gasteiger partial charge in [-0.05, 0) is 57.2 Å². The summed E-state index contributed by atoms with van der Waals surface area (Å²) in [6, 6.07) is 11.0. The molecule has 3 rings (SSSR count). The number of halogens is 2. The Labute approximate surface area is 184 Å². The maximum Gasteiger partial charge on any atom is 0.237 e. The summed E-state index contributed by atoms with van der Waals surface area (Å²) in [6.07, 6.45) is 0. The van der Waals surface area contributed by atoms with Crippen molar-refractivity contribution in [3.05, 3.63) is 54.1 Å². The fraction of sp³-hybridized carbons (Fsp3) is 0.318. The van der Waals surface area contributed by atoms with E-state index in [2.05, 4.69) is 34.3 Å². The van der Waals surface area contributed by atoms with Crippen molar-refractivity contribution in [2.45, 2.75) is 31.2 Å². The van der Waals surface area contributed by atoms with E-state index in [1.807, 2.05) is 35.9 Å². The van der Waals surface area contributed by atoms with Crippen LogP contribution >= 0.6 is 11.8 Å². The third kappa shape index (κ3) is 5.22. The van der Waals surface area contributed by atoms with Crippen LogP contribution in [0.2, 0.25) is 0 Å². The molecule has 0 bridgehead atoms. The number of carbonyl (C=O) groups is 1. The van der Waals surface area contributed by atoms with E-state index in [-0.39, 0.29) is 5.69 Å². The molecule has 31 heavy (non-hydrogen) atoms. The lowest BCUT2D eigenvalue weighted by Crippen LogP contribution is -2.23. The molecule has 0 spiro atoms. The van der Waals surface area contributed by atoms with Gasteiger partial charge in [-0.15, -0.1) is 10.2 Å². The minimum Gasteiger partial charge on any atom is -0.372 e. The molecule has 0 aliphatic heterocycles. The van der Waals surface area contributed by atoms with Crippen LogP contribution in [0.5, 0.6) is 0 Å². The maximum atomic E-state index is 13.8. The zero-order chi connectivity index (χ0) is 22.5. The van der Waals surface area contributed by atoms with Gasteiger partial charge in [0.1, 0.15) is 11.6 Å². The molecule has 1 atom stereocenters. The Morgan fingerprint density at radius 1 is 1.13 bits per heavy atom. The zero-order valence-electron chi connectivity index (χ0n) is 17.9. The first-order valence-electron chi connectivity index (χ1n) is 10.0. The number of amides is 1. The van der Waals surface area contributed by atoms with Crippen LogP contribution in [-0.4, -0.2) is 39.0 Å². The Bertz CT molecular complexity index is 1050. The lowest BCUT2D eigenvalue weighted by molar-refractivity contribution is -0.115. The van der Waals surface area contributed by atoms with E-state index in [4.69, 9.17) is 0 Å². The largest absolute Gasteiger partial charge is 0.372 e. The predicted molar refractivity (Wildman–Crippen MR) is 120 cm³/mol. The molecule has 0 saturated heterocycles. The number of thioether (sulfide) groups is 1. The molecule has 2 aromatic carbocycles. The number of nitrogens with zero attached hydrogens (tertiary/aromatic N) is 4. The van der Waals surface area contributed by atoms with Crippen molar-refractivity contribution in [2.24, 2.45) is 7.05 Å². The Balaban J connectivity index is 1.71. The van der Waals surface area contributed by atoms with Crippen molar-refractivity contribution in [2.75, 3.05) is 23.3 Å². The van der Waals surface area contributed by atoms with Crippen LogP contribution in [-0.2, 0) is 11.8 Å². The number of carbonyl (C=O) groups excluding carboxylic acids is 1. The fourth-order valence-corrected chi connectivity index (χ4v) is 3.93. The summed E-state index contributed by atoms with van der Waals surface area (Å²) in [7, 11) is 1.83. The number of anilines is 2. The first-order chi connectivity index (χ1) is 14.8. The first kappa shape index (κ1) is 22.7. The second-order valence-corrected chi connectivity index (χ2v) is 8.27. The van der Waals surface area contributed by atoms with Gasteiger partial charge in [0.2, 0.25) is 5.91 Å². The molecule has 1 heterocycles. The molecule has 0 radical (unpaired) electrons. The van der Waals surface area contributed by atoms with E-state index in [0.717, 1.165) is 42.5 Å². The molecule has 1 aromatic heterocycles. The van der Waals surface area contributed by atoms with E-state index in [9.17, 15) is 13.6 Å². The molecule has 9 heteroatoms. The number of aromatic nitrogens is 3. The van der Waals surface area contributed by atoms with E-state index < -0.39 is 22.8 Å². The normalized spacial score (nSPS) is 11.9. The van der Waals surface area contributed by atoms with Gasteiger partial charge in [0.25, 0.3) is 0 Å². The van der Waals surface area contributed by atoms with E-state index >= 15 is 0 Å². The van der Waals surface area contributed by atoms with Gasteiger partial charge in [0.15, 0.2) is 11.0 Å². The highest BCUT2D eigenvalue weighted by molar-refractivity contribution is 8.00. The van der Waals surface area contributed by atoms with E-state index in [0.29, 0.717) is 11.0 Å². The van der Waals surface area contributed by atoms with Gasteiger partial charge in [-0.1, -0.05) is 11.8 Å². The summed E-state index contributed by atoms with van der Waals surface area (Å²) in [5.41, 5.74) is 1.86. The summed E-state index contributed by atoms with van der Waals surface area (Å²) < 4.78 is 28.9. The smallest absolute Gasteiger partial charge is 0.237 e. The molecule has 3 aromatic rings. The van der Waals surface area contributed by atoms with Gasteiger partial charge >= 0.3 is 0 Å². The Kier molecular flexibility index (Phi) is 7.27. The van der Waals surface area contributed by atoms with Crippen LogP contribution in [0.15, 0.2) is 47.6 Å². The molecular formula is C22H25F2N5OS. The van der Waals surface area contributed by atoms with Crippen molar-refractivity contribution in [3.8, 4) is 11.4 Å². The number of hydrogen-bond donors (Lipinski definition) is 1. The number of rotatable bonds is 8. The second kappa shape index (κ2) is 9.91. The number of hydrogen-bond acceptors (Lipinski definition) is 5. The van der Waals surface area contributed by atoms with Crippen LogP contribution in [0.25, 0.3) is 11.4 Å². The van der Waals surface area contributed by atoms with Crippen LogP contribution in [0.4, 0.5) is 20.2 Å². The third-order valence-corrected chi connectivity index (χ3v) is 6.06. The van der Waals surface area contributed by atoms with Gasteiger partial charge < -0.3 is 14.8 Å². The minimum absolute atomic E-state index is 0.190. The SMILES string of the molecule is CCN(CC)c1ccc(-c2nnc(SC(C)C(=O)Nc3cc(F)ccc3F)n2C)cc1. The molecule has 1 unspecified atom stereocenters. The van der Waals surface area contributed by atoms with Crippen molar-refractivity contribution in [1.29, 1.82) is 0 Å². The highest BCUT2D eigenvalue weighted by atomic mass is 32.2. The maximum absolute atomic E-state index is 13.8. The molecule has 1 amide bonds. The fourth-order valence-electron chi connectivity index (χ4n) is 3.12. The lowest BCUT2D eigenvalue weighted by atomic mass is 10.2. The monoisotopic (exact) mass is 445 g/mol. The lowest BCUT2D eigenvalue weighted by Gasteiger charge is -2.21. The van der Waals surface area contributed by atoms with Crippen molar-refractivity contribution >= 4 is 29.0 Å². The van der Waals surface area contributed by atoms with Crippen molar-refractivity contribution < 1.29 is 13.6 Å². The zero-order valence-corrected chi connectivity index (χ0v) is 18.7. The first-order valence-corrected chi connectivity index (χ1v) is 10.9. The van der Waals surface area contributed by atoms with Crippen LogP contribution in [0, 0.1) is 11.6 Å². The predicted octanol–water partition coefficient (Wildman–Crippen LogP) is 4.73. The molecule has 0 aliphatic carbocycles. The molecular weight excluding hydrogens is 420 g/mol. The minimum atomic E-state index is -0.693. The summed E-state index contributed by atoms with van der Waals surface area (Å²) >= 11 is 1.19. The molecule has 6 nitrogen and oxygen atoms in total. The topological polar surface area (TPSA) is 63.1 Å². The second-order valence-electron chi connectivity index (χ2n) is 6.96. The van der Waals surface area contributed by atoms with Gasteiger partial charge in [0, 0.05) is 37.5 Å². The van der Waals surface area contributed by atoms with Crippen LogP contribution in [0.3, 0.4) is 0 Å². The van der Waals surface area contributed by atoms with E-state index in [1.165, 1.54) is 11.8 Å². The van der Waals surface area contributed by atoms with Crippen molar-refractivity contribution in [1.82, 2.24) is 14.8 Å². The highest BCUT2D eigenvalue weighted by Crippen LogP contribution is 2.28. The molecule has 0 aliphatic rings. The van der Waals surface area contributed by atoms with Crippen molar-refractivity contribution in [3.63, 3.8) is 0 Å². The average Bonchev–Trinajstić information content (AvgIpc) is 3.12. The molecule has 0 fully saturated rings. The summed E-state index contributed by atoms with van der Waals surface area (Å²) in [4.78, 5) is 14.7. The van der Waals surface area contributed by atoms with Crippen LogP contribution in [0.1, 0.15) is 20.8 Å². The average molecular weight is 446 g/mol. The van der Waals surface area contributed by atoms with Gasteiger partial charge in [-0.3, -0.25) is 4.79 Å². The third-order valence-electron chi connectivity index (χ3n) is 4.93. The Hall–Kier alpha value is -2.94. The highest BCUT2D eigenvalue weighted by Gasteiger charge is 2.20. The Morgan fingerprint density at radius 3 is 2.45 bits per heavy atom. The van der Waals surface area contributed by atoms with Crippen LogP contribution < -0.4 is 10.2 Å². The van der Waals surface area contributed by atoms with Gasteiger partial charge in [0.05, 0.1) is 10.9 Å². The molecule has 0 saturated carbocycles. The summed E-state index contributed by atoms with van der Waals surface area (Å²) in [5, 5.41) is 10.8. The Morgan fingerprint density at radius 2 is 1.81 bits per heavy atom. The number of nitrogens with one attached hydrogen (secondary N) is 1. The summed E-state index contributed by atoms with van der Waals surface area (Å²) in [6.45, 7) is 7.76. The number of benzene rings is 2. The standard InChI is InChI=1S/C22H25F2N5OS/c1-5-29(6-2)17-10-7-15(8-11-17)20-26-27-22(28(20)4)31-14(3)21(30)25-19-13-16(23)9-12-18(19)24/h7-14H,5-6H2,1-4H3,(H,25,30). The quantitative estimate of drug-likeness (QED) is 0.508.